The van der Waals surface area contributed by atoms with E-state index < -0.39 is 0 Å². The quantitative estimate of drug-likeness (QED) is 0.786. The van der Waals surface area contributed by atoms with Crippen LogP contribution in [0.4, 0.5) is 8.78 Å². The van der Waals surface area contributed by atoms with Crippen LogP contribution in [0.25, 0.3) is 0 Å². The number of benzene rings is 2. The van der Waals surface area contributed by atoms with Gasteiger partial charge in [0, 0.05) is 18.7 Å². The average Bonchev–Trinajstić information content (AvgIpc) is 2.40. The smallest absolute Gasteiger partial charge is 0.127 e. The van der Waals surface area contributed by atoms with Crippen molar-refractivity contribution in [1.29, 1.82) is 0 Å². The molecule has 0 atom stereocenters. The van der Waals surface area contributed by atoms with E-state index in [2.05, 4.69) is 4.90 Å². The van der Waals surface area contributed by atoms with Crippen LogP contribution >= 0.6 is 0 Å². The molecule has 0 bridgehead atoms. The first kappa shape index (κ1) is 13.7. The predicted octanol–water partition coefficient (Wildman–Crippen LogP) is 3.99. The maximum Gasteiger partial charge on any atom is 0.127 e. The van der Waals surface area contributed by atoms with Crippen LogP contribution < -0.4 is 0 Å². The SMILES string of the molecule is CCN(Cc1cccc(F)c1)Cc1ccccc1F. The van der Waals surface area contributed by atoms with Crippen molar-refractivity contribution in [3.63, 3.8) is 0 Å². The molecule has 2 rings (SSSR count). The van der Waals surface area contributed by atoms with Crippen molar-refractivity contribution in [2.24, 2.45) is 0 Å². The summed E-state index contributed by atoms with van der Waals surface area (Å²) in [5.74, 6) is -0.431. The molecule has 0 fully saturated rings. The van der Waals surface area contributed by atoms with Crippen molar-refractivity contribution in [2.75, 3.05) is 6.54 Å². The van der Waals surface area contributed by atoms with Crippen molar-refractivity contribution in [3.05, 3.63) is 71.3 Å². The number of rotatable bonds is 5. The summed E-state index contributed by atoms with van der Waals surface area (Å²) in [6.45, 7) is 3.94. The molecule has 0 heterocycles. The van der Waals surface area contributed by atoms with Crippen LogP contribution in [-0.4, -0.2) is 11.4 Å². The third-order valence-electron chi connectivity index (χ3n) is 3.09. The van der Waals surface area contributed by atoms with E-state index in [4.69, 9.17) is 0 Å². The van der Waals surface area contributed by atoms with E-state index in [0.717, 1.165) is 12.1 Å². The van der Waals surface area contributed by atoms with Crippen LogP contribution in [0.1, 0.15) is 18.1 Å². The van der Waals surface area contributed by atoms with Crippen LogP contribution in [0.2, 0.25) is 0 Å². The Balaban J connectivity index is 2.07. The lowest BCUT2D eigenvalue weighted by Gasteiger charge is -2.20. The van der Waals surface area contributed by atoms with E-state index in [9.17, 15) is 8.78 Å². The Morgan fingerprint density at radius 1 is 0.947 bits per heavy atom. The predicted molar refractivity (Wildman–Crippen MR) is 72.6 cm³/mol. The minimum Gasteiger partial charge on any atom is -0.295 e. The van der Waals surface area contributed by atoms with Gasteiger partial charge in [0.15, 0.2) is 0 Å². The molecule has 0 aliphatic heterocycles. The first-order valence-corrected chi connectivity index (χ1v) is 6.39. The van der Waals surface area contributed by atoms with Gasteiger partial charge in [-0.2, -0.15) is 0 Å². The van der Waals surface area contributed by atoms with Crippen LogP contribution in [0, 0.1) is 11.6 Å². The summed E-state index contributed by atoms with van der Waals surface area (Å²) in [6, 6.07) is 13.3. The van der Waals surface area contributed by atoms with Crippen molar-refractivity contribution >= 4 is 0 Å². The molecule has 0 radical (unpaired) electrons. The highest BCUT2D eigenvalue weighted by molar-refractivity contribution is 5.19. The van der Waals surface area contributed by atoms with Gasteiger partial charge in [-0.3, -0.25) is 4.90 Å². The fourth-order valence-electron chi connectivity index (χ4n) is 2.04. The molecule has 0 saturated heterocycles. The van der Waals surface area contributed by atoms with Gasteiger partial charge in [-0.25, -0.2) is 8.78 Å². The van der Waals surface area contributed by atoms with Gasteiger partial charge in [-0.15, -0.1) is 0 Å². The maximum absolute atomic E-state index is 13.6. The number of halogens is 2. The van der Waals surface area contributed by atoms with E-state index in [1.54, 1.807) is 18.2 Å². The maximum atomic E-state index is 13.6. The molecule has 2 aromatic carbocycles. The molecule has 3 heteroatoms. The first-order valence-electron chi connectivity index (χ1n) is 6.39. The van der Waals surface area contributed by atoms with Gasteiger partial charge in [0.2, 0.25) is 0 Å². The van der Waals surface area contributed by atoms with Crippen LogP contribution in [0.3, 0.4) is 0 Å². The normalized spacial score (nSPS) is 10.9. The van der Waals surface area contributed by atoms with Gasteiger partial charge < -0.3 is 0 Å². The molecule has 0 N–H and O–H groups in total. The van der Waals surface area contributed by atoms with Gasteiger partial charge in [0.1, 0.15) is 11.6 Å². The summed E-state index contributed by atoms with van der Waals surface area (Å²) in [6.07, 6.45) is 0. The van der Waals surface area contributed by atoms with Gasteiger partial charge in [-0.05, 0) is 30.3 Å². The fraction of sp³-hybridized carbons (Fsp3) is 0.250. The van der Waals surface area contributed by atoms with Crippen molar-refractivity contribution in [2.45, 2.75) is 20.0 Å². The van der Waals surface area contributed by atoms with Crippen molar-refractivity contribution < 1.29 is 8.78 Å². The summed E-state index contributed by atoms with van der Waals surface area (Å²) in [7, 11) is 0. The summed E-state index contributed by atoms with van der Waals surface area (Å²) in [5.41, 5.74) is 1.57. The number of nitrogens with zero attached hydrogens (tertiary/aromatic N) is 1. The van der Waals surface area contributed by atoms with Gasteiger partial charge in [0.25, 0.3) is 0 Å². The van der Waals surface area contributed by atoms with Crippen molar-refractivity contribution in [3.8, 4) is 0 Å². The van der Waals surface area contributed by atoms with E-state index in [0.29, 0.717) is 18.7 Å². The Bertz CT molecular complexity index is 540. The lowest BCUT2D eigenvalue weighted by atomic mass is 10.1. The monoisotopic (exact) mass is 261 g/mol. The van der Waals surface area contributed by atoms with E-state index in [1.807, 2.05) is 19.1 Å². The molecule has 0 amide bonds. The molecular formula is C16H17F2N. The molecule has 0 saturated carbocycles. The summed E-state index contributed by atoms with van der Waals surface area (Å²) < 4.78 is 26.7. The zero-order valence-electron chi connectivity index (χ0n) is 10.9. The Morgan fingerprint density at radius 2 is 1.74 bits per heavy atom. The number of hydrogen-bond acceptors (Lipinski definition) is 1. The molecule has 100 valence electrons. The second-order valence-electron chi connectivity index (χ2n) is 4.52. The highest BCUT2D eigenvalue weighted by Crippen LogP contribution is 2.13. The molecule has 2 aromatic rings. The van der Waals surface area contributed by atoms with Gasteiger partial charge >= 0.3 is 0 Å². The molecule has 0 spiro atoms. The summed E-state index contributed by atoms with van der Waals surface area (Å²) >= 11 is 0. The third-order valence-corrected chi connectivity index (χ3v) is 3.09. The van der Waals surface area contributed by atoms with E-state index in [1.165, 1.54) is 18.2 Å². The molecule has 0 aromatic heterocycles. The average molecular weight is 261 g/mol. The molecule has 19 heavy (non-hydrogen) atoms. The highest BCUT2D eigenvalue weighted by Gasteiger charge is 2.08. The lowest BCUT2D eigenvalue weighted by molar-refractivity contribution is 0.267. The minimum absolute atomic E-state index is 0.194. The third kappa shape index (κ3) is 3.86. The molecular weight excluding hydrogens is 244 g/mol. The van der Waals surface area contributed by atoms with E-state index >= 15 is 0 Å². The Labute approximate surface area is 112 Å². The largest absolute Gasteiger partial charge is 0.295 e. The zero-order valence-corrected chi connectivity index (χ0v) is 10.9. The first-order chi connectivity index (χ1) is 9.19. The molecule has 0 aliphatic carbocycles. The Kier molecular flexibility index (Phi) is 4.63. The minimum atomic E-state index is -0.237. The second kappa shape index (κ2) is 6.43. The van der Waals surface area contributed by atoms with Gasteiger partial charge in [-0.1, -0.05) is 37.3 Å². The van der Waals surface area contributed by atoms with E-state index in [-0.39, 0.29) is 11.6 Å². The fourth-order valence-corrected chi connectivity index (χ4v) is 2.04. The van der Waals surface area contributed by atoms with Crippen LogP contribution in [0.5, 0.6) is 0 Å². The molecule has 0 unspecified atom stereocenters. The topological polar surface area (TPSA) is 3.24 Å². The van der Waals surface area contributed by atoms with Gasteiger partial charge in [0.05, 0.1) is 0 Å². The van der Waals surface area contributed by atoms with Crippen molar-refractivity contribution in [1.82, 2.24) is 4.90 Å². The summed E-state index contributed by atoms with van der Waals surface area (Å²) in [5, 5.41) is 0. The van der Waals surface area contributed by atoms with Crippen LogP contribution in [0.15, 0.2) is 48.5 Å². The lowest BCUT2D eigenvalue weighted by Crippen LogP contribution is -2.22. The zero-order chi connectivity index (χ0) is 13.7. The standard InChI is InChI=1S/C16H17F2N/c1-2-19(11-13-6-5-8-15(17)10-13)12-14-7-3-4-9-16(14)18/h3-10H,2,11-12H2,1H3. The molecule has 1 nitrogen and oxygen atoms in total. The second-order valence-corrected chi connectivity index (χ2v) is 4.52. The summed E-state index contributed by atoms with van der Waals surface area (Å²) in [4.78, 5) is 2.08. The Morgan fingerprint density at radius 3 is 2.42 bits per heavy atom. The number of hydrogen-bond donors (Lipinski definition) is 0. The molecule has 0 aliphatic rings. The Hall–Kier alpha value is -1.74. The highest BCUT2D eigenvalue weighted by atomic mass is 19.1. The van der Waals surface area contributed by atoms with Crippen LogP contribution in [-0.2, 0) is 13.1 Å².